The minimum absolute atomic E-state index is 0.350. The maximum Gasteiger partial charge on any atom is 0.339 e. The molecule has 6 nitrogen and oxygen atoms in total. The number of nitrogens with zero attached hydrogens (tertiary/aromatic N) is 1. The van der Waals surface area contributed by atoms with Crippen LogP contribution in [0.4, 0.5) is 0 Å². The lowest BCUT2D eigenvalue weighted by Gasteiger charge is -2.30. The Labute approximate surface area is 128 Å². The van der Waals surface area contributed by atoms with E-state index in [1.54, 1.807) is 32.3 Å². The Morgan fingerprint density at radius 2 is 1.86 bits per heavy atom. The molecule has 116 valence electrons. The number of esters is 2. The summed E-state index contributed by atoms with van der Waals surface area (Å²) >= 11 is 0. The number of nitrogens with one attached hydrogen (secondary N) is 1. The molecular formula is C16H18N2O4. The molecule has 1 aliphatic heterocycles. The smallest absolute Gasteiger partial charge is 0.339 e. The van der Waals surface area contributed by atoms with Gasteiger partial charge in [0.15, 0.2) is 0 Å². The van der Waals surface area contributed by atoms with Crippen molar-refractivity contribution in [3.05, 3.63) is 52.5 Å². The van der Waals surface area contributed by atoms with E-state index in [1.165, 1.54) is 14.2 Å². The average molecular weight is 302 g/mol. The van der Waals surface area contributed by atoms with Crippen LogP contribution in [0.3, 0.4) is 0 Å². The molecule has 0 amide bonds. The highest BCUT2D eigenvalue weighted by molar-refractivity contribution is 6.00. The van der Waals surface area contributed by atoms with Crippen LogP contribution in [0.2, 0.25) is 0 Å². The third kappa shape index (κ3) is 2.72. The Hall–Kier alpha value is -2.63. The predicted octanol–water partition coefficient (Wildman–Crippen LogP) is 1.66. The van der Waals surface area contributed by atoms with Gasteiger partial charge in [-0.2, -0.15) is 0 Å². The predicted molar refractivity (Wildman–Crippen MR) is 79.5 cm³/mol. The van der Waals surface area contributed by atoms with Crippen molar-refractivity contribution in [2.75, 3.05) is 14.2 Å². The van der Waals surface area contributed by atoms with Crippen molar-refractivity contribution < 1.29 is 19.1 Å². The van der Waals surface area contributed by atoms with Gasteiger partial charge < -0.3 is 14.8 Å². The molecule has 1 unspecified atom stereocenters. The van der Waals surface area contributed by atoms with Gasteiger partial charge in [0.1, 0.15) is 0 Å². The van der Waals surface area contributed by atoms with Crippen molar-refractivity contribution in [3.8, 4) is 0 Å². The van der Waals surface area contributed by atoms with E-state index in [4.69, 9.17) is 9.47 Å². The molecule has 0 radical (unpaired) electrons. The fourth-order valence-corrected chi connectivity index (χ4v) is 2.58. The molecule has 0 spiro atoms. The largest absolute Gasteiger partial charge is 0.466 e. The molecule has 1 atom stereocenters. The third-order valence-electron chi connectivity index (χ3n) is 3.62. The number of aromatic nitrogens is 1. The summed E-state index contributed by atoms with van der Waals surface area (Å²) < 4.78 is 9.67. The zero-order valence-electron chi connectivity index (χ0n) is 13.0. The molecule has 1 aliphatic rings. The highest BCUT2D eigenvalue weighted by Gasteiger charge is 2.34. The SMILES string of the molecule is COC(=O)C1=C(C)NC(c2cccnc2)C(C(=O)OC)=C1C. The Balaban J connectivity index is 2.59. The lowest BCUT2D eigenvalue weighted by molar-refractivity contribution is -0.136. The molecule has 2 rings (SSSR count). The normalized spacial score (nSPS) is 17.9. The number of pyridine rings is 1. The first-order valence-corrected chi connectivity index (χ1v) is 6.76. The fraction of sp³-hybridized carbons (Fsp3) is 0.312. The van der Waals surface area contributed by atoms with Gasteiger partial charge in [0.25, 0.3) is 0 Å². The van der Waals surface area contributed by atoms with E-state index in [-0.39, 0.29) is 0 Å². The van der Waals surface area contributed by atoms with Gasteiger partial charge in [-0.15, -0.1) is 0 Å². The minimum atomic E-state index is -0.493. The van der Waals surface area contributed by atoms with Crippen LogP contribution < -0.4 is 5.32 Å². The van der Waals surface area contributed by atoms with Crippen molar-refractivity contribution in [1.29, 1.82) is 0 Å². The molecule has 2 heterocycles. The maximum atomic E-state index is 12.2. The van der Waals surface area contributed by atoms with Gasteiger partial charge in [0, 0.05) is 18.1 Å². The Morgan fingerprint density at radius 3 is 2.41 bits per heavy atom. The lowest BCUT2D eigenvalue weighted by atomic mass is 9.87. The molecule has 1 N–H and O–H groups in total. The second-order valence-corrected chi connectivity index (χ2v) is 4.89. The summed E-state index contributed by atoms with van der Waals surface area (Å²) in [5, 5.41) is 3.17. The van der Waals surface area contributed by atoms with Crippen molar-refractivity contribution >= 4 is 11.9 Å². The molecule has 0 aromatic carbocycles. The zero-order chi connectivity index (χ0) is 16.3. The molecule has 0 fully saturated rings. The van der Waals surface area contributed by atoms with Crippen LogP contribution in [0, 0.1) is 0 Å². The molecule has 22 heavy (non-hydrogen) atoms. The van der Waals surface area contributed by atoms with Gasteiger partial charge in [0.2, 0.25) is 0 Å². The first kappa shape index (κ1) is 15.8. The second-order valence-electron chi connectivity index (χ2n) is 4.89. The van der Waals surface area contributed by atoms with Crippen LogP contribution in [0.15, 0.2) is 46.9 Å². The molecule has 0 saturated carbocycles. The molecule has 1 aromatic heterocycles. The number of rotatable bonds is 3. The Morgan fingerprint density at radius 1 is 1.18 bits per heavy atom. The molecule has 6 heteroatoms. The van der Waals surface area contributed by atoms with Gasteiger partial charge in [-0.25, -0.2) is 9.59 Å². The number of methoxy groups -OCH3 is 2. The highest BCUT2D eigenvalue weighted by atomic mass is 16.5. The van der Waals surface area contributed by atoms with Crippen LogP contribution in [-0.4, -0.2) is 31.1 Å². The standard InChI is InChI=1S/C16H18N2O4/c1-9-12(15(19)21-3)10(2)18-14(13(9)16(20)22-4)11-6-5-7-17-8-11/h5-8,14,18H,1-4H3. The van der Waals surface area contributed by atoms with Crippen LogP contribution in [0.25, 0.3) is 0 Å². The second kappa shape index (κ2) is 6.43. The Kier molecular flexibility index (Phi) is 4.60. The first-order valence-electron chi connectivity index (χ1n) is 6.76. The lowest BCUT2D eigenvalue weighted by Crippen LogP contribution is -2.33. The number of allylic oxidation sites excluding steroid dienone is 1. The van der Waals surface area contributed by atoms with E-state index in [1.807, 2.05) is 6.07 Å². The van der Waals surface area contributed by atoms with Crippen molar-refractivity contribution in [3.63, 3.8) is 0 Å². The van der Waals surface area contributed by atoms with Gasteiger partial charge in [-0.05, 0) is 31.1 Å². The number of carbonyl (C=O) groups is 2. The van der Waals surface area contributed by atoms with Gasteiger partial charge in [-0.1, -0.05) is 6.07 Å². The van der Waals surface area contributed by atoms with Crippen LogP contribution in [0.1, 0.15) is 25.5 Å². The third-order valence-corrected chi connectivity index (χ3v) is 3.62. The van der Waals surface area contributed by atoms with E-state index in [0.717, 1.165) is 5.56 Å². The van der Waals surface area contributed by atoms with Crippen molar-refractivity contribution in [2.45, 2.75) is 19.9 Å². The summed E-state index contributed by atoms with van der Waals surface area (Å²) in [5.41, 5.74) is 2.73. The van der Waals surface area contributed by atoms with Crippen molar-refractivity contribution in [2.24, 2.45) is 0 Å². The van der Waals surface area contributed by atoms with Crippen LogP contribution in [-0.2, 0) is 19.1 Å². The summed E-state index contributed by atoms with van der Waals surface area (Å²) in [5.74, 6) is -0.985. The van der Waals surface area contributed by atoms with E-state index < -0.39 is 18.0 Å². The summed E-state index contributed by atoms with van der Waals surface area (Å²) in [6, 6.07) is 3.22. The minimum Gasteiger partial charge on any atom is -0.466 e. The van der Waals surface area contributed by atoms with E-state index in [2.05, 4.69) is 10.3 Å². The number of hydrogen-bond acceptors (Lipinski definition) is 6. The summed E-state index contributed by atoms with van der Waals surface area (Å²) in [4.78, 5) is 28.3. The maximum absolute atomic E-state index is 12.2. The zero-order valence-corrected chi connectivity index (χ0v) is 13.0. The number of carbonyl (C=O) groups excluding carboxylic acids is 2. The van der Waals surface area contributed by atoms with Crippen LogP contribution >= 0.6 is 0 Å². The molecular weight excluding hydrogens is 284 g/mol. The average Bonchev–Trinajstić information content (AvgIpc) is 2.54. The number of ether oxygens (including phenoxy) is 2. The van der Waals surface area contributed by atoms with E-state index in [0.29, 0.717) is 22.4 Å². The highest BCUT2D eigenvalue weighted by Crippen LogP contribution is 2.34. The molecule has 0 bridgehead atoms. The summed E-state index contributed by atoms with van der Waals surface area (Å²) in [6.45, 7) is 3.49. The summed E-state index contributed by atoms with van der Waals surface area (Å²) in [6.07, 6.45) is 3.33. The van der Waals surface area contributed by atoms with Gasteiger partial charge in [-0.3, -0.25) is 4.98 Å². The fourth-order valence-electron chi connectivity index (χ4n) is 2.58. The van der Waals surface area contributed by atoms with E-state index in [9.17, 15) is 9.59 Å². The summed E-state index contributed by atoms with van der Waals surface area (Å²) in [7, 11) is 2.62. The van der Waals surface area contributed by atoms with E-state index >= 15 is 0 Å². The molecule has 0 saturated heterocycles. The molecule has 0 aliphatic carbocycles. The number of hydrogen-bond donors (Lipinski definition) is 1. The Bertz CT molecular complexity index is 662. The monoisotopic (exact) mass is 302 g/mol. The quantitative estimate of drug-likeness (QED) is 0.856. The molecule has 1 aromatic rings. The van der Waals surface area contributed by atoms with Gasteiger partial charge >= 0.3 is 11.9 Å². The topological polar surface area (TPSA) is 77.5 Å². The van der Waals surface area contributed by atoms with Gasteiger partial charge in [0.05, 0.1) is 31.4 Å². The first-order chi connectivity index (χ1) is 10.5. The number of dihydropyridines is 1. The van der Waals surface area contributed by atoms with Crippen LogP contribution in [0.5, 0.6) is 0 Å². The van der Waals surface area contributed by atoms with Crippen molar-refractivity contribution in [1.82, 2.24) is 10.3 Å².